The Hall–Kier alpha value is -1.84. The molecule has 0 saturated heterocycles. The molecule has 0 spiro atoms. The molecule has 1 aliphatic carbocycles. The van der Waals surface area contributed by atoms with Crippen LogP contribution in [0, 0.1) is 5.92 Å². The van der Waals surface area contributed by atoms with E-state index in [4.69, 9.17) is 0 Å². The van der Waals surface area contributed by atoms with Crippen molar-refractivity contribution in [3.05, 3.63) is 42.4 Å². The molecule has 1 saturated carbocycles. The lowest BCUT2D eigenvalue weighted by Crippen LogP contribution is -2.38. The van der Waals surface area contributed by atoms with Gasteiger partial charge in [-0.3, -0.25) is 4.98 Å². The summed E-state index contributed by atoms with van der Waals surface area (Å²) < 4.78 is 0. The molecule has 1 aromatic rings. The Morgan fingerprint density at radius 3 is 2.84 bits per heavy atom. The van der Waals surface area contributed by atoms with Crippen LogP contribution in [0.2, 0.25) is 0 Å². The molecule has 4 nitrogen and oxygen atoms in total. The molecular weight excluding hydrogens is 238 g/mol. The second-order valence-electron chi connectivity index (χ2n) is 4.83. The van der Waals surface area contributed by atoms with Crippen molar-refractivity contribution in [2.24, 2.45) is 5.92 Å². The number of carbonyl (C=O) groups excluding carboxylic acids is 1. The molecule has 0 radical (unpaired) electrons. The molecule has 19 heavy (non-hydrogen) atoms. The summed E-state index contributed by atoms with van der Waals surface area (Å²) in [7, 11) is 0. The van der Waals surface area contributed by atoms with Crippen LogP contribution >= 0.6 is 0 Å². The van der Waals surface area contributed by atoms with Crippen molar-refractivity contribution < 1.29 is 4.79 Å². The molecule has 0 aromatic carbocycles. The molecule has 2 rings (SSSR count). The number of rotatable bonds is 6. The molecule has 0 atom stereocenters. The van der Waals surface area contributed by atoms with E-state index >= 15 is 0 Å². The second kappa shape index (κ2) is 6.92. The highest BCUT2D eigenvalue weighted by Gasteiger charge is 2.17. The molecule has 1 N–H and O–H groups in total. The minimum atomic E-state index is -0.0199. The second-order valence-corrected chi connectivity index (χ2v) is 4.83. The summed E-state index contributed by atoms with van der Waals surface area (Å²) in [6.45, 7) is 3.44. The van der Waals surface area contributed by atoms with E-state index in [9.17, 15) is 4.79 Å². The zero-order chi connectivity index (χ0) is 13.5. The quantitative estimate of drug-likeness (QED) is 0.853. The molecule has 1 fully saturated rings. The Labute approximate surface area is 114 Å². The number of nitrogens with zero attached hydrogens (tertiary/aromatic N) is 2. The number of amides is 2. The predicted molar refractivity (Wildman–Crippen MR) is 75.6 cm³/mol. The van der Waals surface area contributed by atoms with Crippen LogP contribution in [0.25, 0.3) is 0 Å². The summed E-state index contributed by atoms with van der Waals surface area (Å²) >= 11 is 0. The zero-order valence-corrected chi connectivity index (χ0v) is 11.4. The number of hydrogen-bond acceptors (Lipinski definition) is 2. The maximum Gasteiger partial charge on any atom is 0.321 e. The lowest BCUT2D eigenvalue weighted by molar-refractivity contribution is 0.205. The average Bonchev–Trinajstić information content (AvgIpc) is 3.25. The van der Waals surface area contributed by atoms with Gasteiger partial charge in [-0.25, -0.2) is 4.79 Å². The minimum absolute atomic E-state index is 0.0199. The summed E-state index contributed by atoms with van der Waals surface area (Å²) in [6, 6.07) is 3.95. The van der Waals surface area contributed by atoms with Crippen LogP contribution in [0.4, 0.5) is 4.79 Å². The molecule has 0 unspecified atom stereocenters. The molecule has 2 amide bonds. The van der Waals surface area contributed by atoms with Crippen molar-refractivity contribution in [1.82, 2.24) is 15.2 Å². The standard InChI is InChI=1S/C15H21N3O/c1-2-18(12-8-14-5-9-16-10-6-14)15(19)17-11-7-13-3-4-13/h5-7,9-11,13H,2-4,8,12H2,1H3,(H,17,19)/b11-7+. The fourth-order valence-corrected chi connectivity index (χ4v) is 1.85. The molecular formula is C15H21N3O. The van der Waals surface area contributed by atoms with Crippen LogP contribution < -0.4 is 5.32 Å². The number of hydrogen-bond donors (Lipinski definition) is 1. The van der Waals surface area contributed by atoms with E-state index in [2.05, 4.69) is 16.4 Å². The van der Waals surface area contributed by atoms with Gasteiger partial charge in [0.05, 0.1) is 0 Å². The van der Waals surface area contributed by atoms with Gasteiger partial charge in [0.15, 0.2) is 0 Å². The predicted octanol–water partition coefficient (Wildman–Crippen LogP) is 2.58. The van der Waals surface area contributed by atoms with Crippen molar-refractivity contribution in [3.8, 4) is 0 Å². The zero-order valence-electron chi connectivity index (χ0n) is 11.4. The SMILES string of the molecule is CCN(CCc1ccncc1)C(=O)N/C=C/C1CC1. The Morgan fingerprint density at radius 2 is 2.21 bits per heavy atom. The van der Waals surface area contributed by atoms with Crippen molar-refractivity contribution in [3.63, 3.8) is 0 Å². The highest BCUT2D eigenvalue weighted by atomic mass is 16.2. The fourth-order valence-electron chi connectivity index (χ4n) is 1.85. The Balaban J connectivity index is 1.76. The normalized spacial score (nSPS) is 14.6. The average molecular weight is 259 g/mol. The van der Waals surface area contributed by atoms with Crippen LogP contribution in [0.1, 0.15) is 25.3 Å². The van der Waals surface area contributed by atoms with Crippen LogP contribution in [0.15, 0.2) is 36.8 Å². The largest absolute Gasteiger partial charge is 0.324 e. The van der Waals surface area contributed by atoms with E-state index in [-0.39, 0.29) is 6.03 Å². The van der Waals surface area contributed by atoms with Crippen molar-refractivity contribution in [2.75, 3.05) is 13.1 Å². The van der Waals surface area contributed by atoms with Crippen LogP contribution in [0.3, 0.4) is 0 Å². The van der Waals surface area contributed by atoms with Crippen LogP contribution in [-0.4, -0.2) is 29.0 Å². The Bertz CT molecular complexity index is 426. The summed E-state index contributed by atoms with van der Waals surface area (Å²) in [5.41, 5.74) is 1.20. The molecule has 1 aliphatic rings. The maximum atomic E-state index is 11.9. The Kier molecular flexibility index (Phi) is 4.95. The minimum Gasteiger partial charge on any atom is -0.324 e. The summed E-state index contributed by atoms with van der Waals surface area (Å²) in [6.07, 6.45) is 10.8. The first-order chi connectivity index (χ1) is 9.29. The van der Waals surface area contributed by atoms with Gasteiger partial charge in [0.1, 0.15) is 0 Å². The van der Waals surface area contributed by atoms with Crippen molar-refractivity contribution in [1.29, 1.82) is 0 Å². The van der Waals surface area contributed by atoms with Gasteiger partial charge in [-0.1, -0.05) is 6.08 Å². The molecule has 102 valence electrons. The van der Waals surface area contributed by atoms with Gasteiger partial charge >= 0.3 is 6.03 Å². The number of carbonyl (C=O) groups is 1. The van der Waals surface area contributed by atoms with E-state index in [1.807, 2.05) is 24.0 Å². The van der Waals surface area contributed by atoms with Gasteiger partial charge in [0, 0.05) is 31.7 Å². The van der Waals surface area contributed by atoms with Gasteiger partial charge < -0.3 is 10.2 Å². The van der Waals surface area contributed by atoms with Gasteiger partial charge in [-0.2, -0.15) is 0 Å². The molecule has 1 aromatic heterocycles. The number of allylic oxidation sites excluding steroid dienone is 1. The van der Waals surface area contributed by atoms with Gasteiger partial charge in [-0.05, 0) is 49.8 Å². The lowest BCUT2D eigenvalue weighted by Gasteiger charge is -2.20. The van der Waals surface area contributed by atoms with Gasteiger partial charge in [-0.15, -0.1) is 0 Å². The number of pyridine rings is 1. The number of aromatic nitrogens is 1. The Morgan fingerprint density at radius 1 is 1.47 bits per heavy atom. The first-order valence-corrected chi connectivity index (χ1v) is 6.90. The molecule has 4 heteroatoms. The summed E-state index contributed by atoms with van der Waals surface area (Å²) in [4.78, 5) is 17.8. The molecule has 0 aliphatic heterocycles. The van der Waals surface area contributed by atoms with Gasteiger partial charge in [0.25, 0.3) is 0 Å². The van der Waals surface area contributed by atoms with Crippen molar-refractivity contribution in [2.45, 2.75) is 26.2 Å². The smallest absolute Gasteiger partial charge is 0.321 e. The van der Waals surface area contributed by atoms with E-state index in [0.29, 0.717) is 12.5 Å². The number of urea groups is 1. The topological polar surface area (TPSA) is 45.2 Å². The number of likely N-dealkylation sites (N-methyl/N-ethyl adjacent to an activating group) is 1. The third-order valence-corrected chi connectivity index (χ3v) is 3.29. The fraction of sp³-hybridized carbons (Fsp3) is 0.467. The van der Waals surface area contributed by atoms with Crippen LogP contribution in [0.5, 0.6) is 0 Å². The number of nitrogens with one attached hydrogen (secondary N) is 1. The maximum absolute atomic E-state index is 11.9. The van der Waals surface area contributed by atoms with E-state index in [1.54, 1.807) is 18.6 Å². The third kappa shape index (κ3) is 4.73. The highest BCUT2D eigenvalue weighted by Crippen LogP contribution is 2.29. The summed E-state index contributed by atoms with van der Waals surface area (Å²) in [5, 5.41) is 2.84. The van der Waals surface area contributed by atoms with E-state index < -0.39 is 0 Å². The van der Waals surface area contributed by atoms with Gasteiger partial charge in [0.2, 0.25) is 0 Å². The van der Waals surface area contributed by atoms with E-state index in [1.165, 1.54) is 18.4 Å². The summed E-state index contributed by atoms with van der Waals surface area (Å²) in [5.74, 6) is 0.687. The molecule has 1 heterocycles. The third-order valence-electron chi connectivity index (χ3n) is 3.29. The highest BCUT2D eigenvalue weighted by molar-refractivity contribution is 5.75. The first kappa shape index (κ1) is 13.6. The molecule has 0 bridgehead atoms. The van der Waals surface area contributed by atoms with E-state index in [0.717, 1.165) is 13.0 Å². The van der Waals surface area contributed by atoms with Crippen LogP contribution in [-0.2, 0) is 6.42 Å². The first-order valence-electron chi connectivity index (χ1n) is 6.90. The van der Waals surface area contributed by atoms with Crippen molar-refractivity contribution >= 4 is 6.03 Å². The monoisotopic (exact) mass is 259 g/mol. The lowest BCUT2D eigenvalue weighted by atomic mass is 10.2.